The van der Waals surface area contributed by atoms with Crippen LogP contribution in [0.3, 0.4) is 0 Å². The Hall–Kier alpha value is -2.20. The van der Waals surface area contributed by atoms with Gasteiger partial charge in [-0.15, -0.1) is 11.3 Å². The van der Waals surface area contributed by atoms with Crippen LogP contribution in [0, 0.1) is 5.82 Å². The lowest BCUT2D eigenvalue weighted by Crippen LogP contribution is -2.21. The van der Waals surface area contributed by atoms with Gasteiger partial charge < -0.3 is 5.32 Å². The summed E-state index contributed by atoms with van der Waals surface area (Å²) in [5, 5.41) is 3.87. The lowest BCUT2D eigenvalue weighted by Gasteiger charge is -2.03. The van der Waals surface area contributed by atoms with E-state index in [0.717, 1.165) is 15.6 Å². The van der Waals surface area contributed by atoms with E-state index in [0.29, 0.717) is 11.4 Å². The van der Waals surface area contributed by atoms with Crippen LogP contribution >= 0.6 is 11.3 Å². The summed E-state index contributed by atoms with van der Waals surface area (Å²) in [7, 11) is 0. The van der Waals surface area contributed by atoms with Crippen molar-refractivity contribution in [2.45, 2.75) is 6.54 Å². The molecule has 2 aromatic carbocycles. The molecular formula is C16H12FNOS. The number of hydrogen-bond acceptors (Lipinski definition) is 2. The average Bonchev–Trinajstić information content (AvgIpc) is 2.89. The number of nitrogens with one attached hydrogen (secondary N) is 1. The molecule has 0 saturated carbocycles. The Morgan fingerprint density at radius 1 is 1.10 bits per heavy atom. The van der Waals surface area contributed by atoms with Crippen LogP contribution in [0.2, 0.25) is 0 Å². The fourth-order valence-electron chi connectivity index (χ4n) is 2.01. The number of hydrogen-bond donors (Lipinski definition) is 1. The van der Waals surface area contributed by atoms with E-state index in [2.05, 4.69) is 5.32 Å². The van der Waals surface area contributed by atoms with Crippen molar-refractivity contribution in [3.8, 4) is 0 Å². The first-order valence-corrected chi connectivity index (χ1v) is 7.05. The molecule has 1 aromatic heterocycles. The minimum atomic E-state index is -0.293. The van der Waals surface area contributed by atoms with Gasteiger partial charge >= 0.3 is 0 Å². The highest BCUT2D eigenvalue weighted by Crippen LogP contribution is 2.25. The minimum Gasteiger partial charge on any atom is -0.347 e. The summed E-state index contributed by atoms with van der Waals surface area (Å²) >= 11 is 1.46. The SMILES string of the molecule is O=C(NCc1cccc(F)c1)c1cc2ccccc2s1. The summed E-state index contributed by atoms with van der Waals surface area (Å²) in [6.07, 6.45) is 0. The topological polar surface area (TPSA) is 29.1 Å². The van der Waals surface area contributed by atoms with Gasteiger partial charge in [-0.2, -0.15) is 0 Å². The highest BCUT2D eigenvalue weighted by molar-refractivity contribution is 7.20. The standard InChI is InChI=1S/C16H12FNOS/c17-13-6-3-4-11(8-13)10-18-16(19)15-9-12-5-1-2-7-14(12)20-15/h1-9H,10H2,(H,18,19). The molecule has 4 heteroatoms. The molecule has 20 heavy (non-hydrogen) atoms. The summed E-state index contributed by atoms with van der Waals surface area (Å²) < 4.78 is 14.1. The van der Waals surface area contributed by atoms with Gasteiger partial charge in [0.25, 0.3) is 5.91 Å². The van der Waals surface area contributed by atoms with E-state index in [-0.39, 0.29) is 11.7 Å². The molecule has 1 amide bonds. The number of amides is 1. The number of fused-ring (bicyclic) bond motifs is 1. The molecule has 0 unspecified atom stereocenters. The van der Waals surface area contributed by atoms with Gasteiger partial charge in [-0.25, -0.2) is 4.39 Å². The predicted molar refractivity (Wildman–Crippen MR) is 79.4 cm³/mol. The molecule has 0 aliphatic heterocycles. The van der Waals surface area contributed by atoms with Gasteiger partial charge in [0.05, 0.1) is 4.88 Å². The lowest BCUT2D eigenvalue weighted by atomic mass is 10.2. The van der Waals surface area contributed by atoms with Crippen LogP contribution in [0.15, 0.2) is 54.6 Å². The van der Waals surface area contributed by atoms with Crippen LogP contribution in [0.1, 0.15) is 15.2 Å². The smallest absolute Gasteiger partial charge is 0.261 e. The van der Waals surface area contributed by atoms with E-state index in [4.69, 9.17) is 0 Å². The summed E-state index contributed by atoms with van der Waals surface area (Å²) in [5.41, 5.74) is 0.750. The summed E-state index contributed by atoms with van der Waals surface area (Å²) in [4.78, 5) is 12.7. The zero-order valence-electron chi connectivity index (χ0n) is 10.6. The van der Waals surface area contributed by atoms with E-state index in [9.17, 15) is 9.18 Å². The van der Waals surface area contributed by atoms with Gasteiger partial charge in [-0.05, 0) is 35.2 Å². The molecule has 100 valence electrons. The van der Waals surface area contributed by atoms with Gasteiger partial charge in [-0.3, -0.25) is 4.79 Å². The minimum absolute atomic E-state index is 0.129. The molecule has 0 fully saturated rings. The monoisotopic (exact) mass is 285 g/mol. The normalized spacial score (nSPS) is 10.7. The van der Waals surface area contributed by atoms with Gasteiger partial charge in [0, 0.05) is 11.2 Å². The van der Waals surface area contributed by atoms with Crippen molar-refractivity contribution in [2.24, 2.45) is 0 Å². The van der Waals surface area contributed by atoms with Crippen LogP contribution in [0.25, 0.3) is 10.1 Å². The third-order valence-corrected chi connectivity index (χ3v) is 4.11. The lowest BCUT2D eigenvalue weighted by molar-refractivity contribution is 0.0955. The summed E-state index contributed by atoms with van der Waals surface area (Å²) in [6, 6.07) is 16.0. The number of rotatable bonds is 3. The van der Waals surface area contributed by atoms with Crippen LogP contribution in [0.5, 0.6) is 0 Å². The van der Waals surface area contributed by atoms with Crippen molar-refractivity contribution in [3.63, 3.8) is 0 Å². The Labute approximate surface area is 119 Å². The second-order valence-electron chi connectivity index (χ2n) is 4.46. The molecule has 2 nitrogen and oxygen atoms in total. The van der Waals surface area contributed by atoms with Crippen LogP contribution in [-0.2, 0) is 6.54 Å². The molecule has 1 N–H and O–H groups in total. The quantitative estimate of drug-likeness (QED) is 0.775. The Morgan fingerprint density at radius 3 is 2.75 bits per heavy atom. The Morgan fingerprint density at radius 2 is 1.95 bits per heavy atom. The highest BCUT2D eigenvalue weighted by atomic mass is 32.1. The molecule has 0 aliphatic carbocycles. The zero-order valence-corrected chi connectivity index (χ0v) is 11.4. The van der Waals surface area contributed by atoms with Crippen molar-refractivity contribution in [1.82, 2.24) is 5.32 Å². The average molecular weight is 285 g/mol. The molecule has 0 radical (unpaired) electrons. The third kappa shape index (κ3) is 2.70. The molecule has 0 bridgehead atoms. The van der Waals surface area contributed by atoms with Gasteiger partial charge in [0.1, 0.15) is 5.82 Å². The molecule has 1 heterocycles. The van der Waals surface area contributed by atoms with Crippen molar-refractivity contribution >= 4 is 27.3 Å². The maximum Gasteiger partial charge on any atom is 0.261 e. The van der Waals surface area contributed by atoms with E-state index in [1.807, 2.05) is 30.3 Å². The van der Waals surface area contributed by atoms with Crippen molar-refractivity contribution in [3.05, 3.63) is 70.9 Å². The Balaban J connectivity index is 1.73. The second-order valence-corrected chi connectivity index (χ2v) is 5.54. The van der Waals surface area contributed by atoms with Crippen LogP contribution < -0.4 is 5.32 Å². The summed E-state index contributed by atoms with van der Waals surface area (Å²) in [5.74, 6) is -0.422. The first-order chi connectivity index (χ1) is 9.72. The predicted octanol–water partition coefficient (Wildman–Crippen LogP) is 3.97. The van der Waals surface area contributed by atoms with E-state index in [1.54, 1.807) is 12.1 Å². The van der Waals surface area contributed by atoms with Crippen molar-refractivity contribution in [2.75, 3.05) is 0 Å². The molecule has 0 aliphatic rings. The van der Waals surface area contributed by atoms with E-state index < -0.39 is 0 Å². The number of benzene rings is 2. The number of carbonyl (C=O) groups excluding carboxylic acids is 1. The van der Waals surface area contributed by atoms with Crippen molar-refractivity contribution in [1.29, 1.82) is 0 Å². The third-order valence-electron chi connectivity index (χ3n) is 2.99. The largest absolute Gasteiger partial charge is 0.347 e. The van der Waals surface area contributed by atoms with Gasteiger partial charge in [0.2, 0.25) is 0 Å². The fraction of sp³-hybridized carbons (Fsp3) is 0.0625. The molecule has 3 aromatic rings. The fourth-order valence-corrected chi connectivity index (χ4v) is 2.99. The number of halogens is 1. The van der Waals surface area contributed by atoms with E-state index >= 15 is 0 Å². The number of carbonyl (C=O) groups is 1. The molecular weight excluding hydrogens is 273 g/mol. The molecule has 3 rings (SSSR count). The maximum absolute atomic E-state index is 13.0. The van der Waals surface area contributed by atoms with Crippen LogP contribution in [-0.4, -0.2) is 5.91 Å². The first-order valence-electron chi connectivity index (χ1n) is 6.23. The molecule has 0 spiro atoms. The van der Waals surface area contributed by atoms with Crippen molar-refractivity contribution < 1.29 is 9.18 Å². The molecule has 0 atom stereocenters. The number of thiophene rings is 1. The second kappa shape index (κ2) is 5.43. The highest BCUT2D eigenvalue weighted by Gasteiger charge is 2.09. The van der Waals surface area contributed by atoms with Gasteiger partial charge in [0.15, 0.2) is 0 Å². The van der Waals surface area contributed by atoms with Gasteiger partial charge in [-0.1, -0.05) is 30.3 Å². The zero-order chi connectivity index (χ0) is 13.9. The Bertz CT molecular complexity index is 733. The maximum atomic E-state index is 13.0. The van der Waals surface area contributed by atoms with E-state index in [1.165, 1.54) is 23.5 Å². The van der Waals surface area contributed by atoms with Crippen LogP contribution in [0.4, 0.5) is 4.39 Å². The Kier molecular flexibility index (Phi) is 3.48. The molecule has 0 saturated heterocycles. The summed E-state index contributed by atoms with van der Waals surface area (Å²) in [6.45, 7) is 0.324. The first kappa shape index (κ1) is 12.8.